The molecule has 1 aliphatic heterocycles. The fourth-order valence-corrected chi connectivity index (χ4v) is 1.21. The molecule has 4 heteroatoms. The van der Waals surface area contributed by atoms with E-state index in [1.807, 2.05) is 34.6 Å². The molecule has 0 aromatic heterocycles. The van der Waals surface area contributed by atoms with Gasteiger partial charge < -0.3 is 0 Å². The van der Waals surface area contributed by atoms with Gasteiger partial charge in [-0.25, -0.2) is 0 Å². The first-order chi connectivity index (χ1) is 6.47. The predicted octanol–water partition coefficient (Wildman–Crippen LogP) is 3.55. The van der Waals surface area contributed by atoms with Crippen molar-refractivity contribution in [3.05, 3.63) is 0 Å². The molecular weight excluding hydrogens is 191 g/mol. The summed E-state index contributed by atoms with van der Waals surface area (Å²) in [6.45, 7) is 10.4. The van der Waals surface area contributed by atoms with Gasteiger partial charge in [-0.15, -0.1) is 0 Å². The maximum atomic E-state index is 11.6. The van der Waals surface area contributed by atoms with Crippen LogP contribution < -0.4 is 0 Å². The second kappa shape index (κ2) is 8.09. The summed E-state index contributed by atoms with van der Waals surface area (Å²) < 4.78 is 34.8. The second-order valence-electron chi connectivity index (χ2n) is 2.91. The van der Waals surface area contributed by atoms with Crippen molar-refractivity contribution in [2.45, 2.75) is 40.8 Å². The highest BCUT2D eigenvalue weighted by Crippen LogP contribution is 2.22. The highest BCUT2D eigenvalue weighted by Gasteiger charge is 2.35. The van der Waals surface area contributed by atoms with E-state index in [-0.39, 0.29) is 0 Å². The van der Waals surface area contributed by atoms with Crippen LogP contribution in [0.1, 0.15) is 34.6 Å². The van der Waals surface area contributed by atoms with E-state index in [1.165, 1.54) is 4.90 Å². The van der Waals surface area contributed by atoms with E-state index >= 15 is 0 Å². The molecule has 0 amide bonds. The molecule has 14 heavy (non-hydrogen) atoms. The molecule has 0 aliphatic carbocycles. The molecular formula is C10H22F3N. The third kappa shape index (κ3) is 8.35. The van der Waals surface area contributed by atoms with Crippen LogP contribution >= 0.6 is 0 Å². The van der Waals surface area contributed by atoms with E-state index in [4.69, 9.17) is 0 Å². The molecule has 0 atom stereocenters. The zero-order chi connectivity index (χ0) is 11.8. The van der Waals surface area contributed by atoms with Gasteiger partial charge >= 0.3 is 6.18 Å². The number of hydrogen-bond donors (Lipinski definition) is 0. The standard InChI is InChI=1S/C6H10F3N.2C2H6/c1-5-2-10(3-5)4-6(7,8)9;2*1-2/h5H,2-4H2,1H3;2*1-2H3. The Hall–Kier alpha value is -0.250. The SMILES string of the molecule is CC.CC.CC1CN(CC(F)(F)F)C1. The average Bonchev–Trinajstić information content (AvgIpc) is 2.07. The van der Waals surface area contributed by atoms with Crippen LogP contribution in [0.2, 0.25) is 0 Å². The van der Waals surface area contributed by atoms with E-state index < -0.39 is 12.7 Å². The van der Waals surface area contributed by atoms with Gasteiger partial charge in [-0.05, 0) is 5.92 Å². The molecule has 0 aromatic carbocycles. The molecule has 1 saturated heterocycles. The molecule has 88 valence electrons. The molecule has 0 saturated carbocycles. The highest BCUT2D eigenvalue weighted by atomic mass is 19.4. The molecule has 0 spiro atoms. The van der Waals surface area contributed by atoms with Crippen LogP contribution in [0.5, 0.6) is 0 Å². The van der Waals surface area contributed by atoms with Gasteiger partial charge in [-0.2, -0.15) is 13.2 Å². The third-order valence-electron chi connectivity index (χ3n) is 1.54. The smallest absolute Gasteiger partial charge is 0.294 e. The molecule has 0 radical (unpaired) electrons. The van der Waals surface area contributed by atoms with Gasteiger partial charge in [0.05, 0.1) is 6.54 Å². The summed E-state index contributed by atoms with van der Waals surface area (Å²) in [7, 11) is 0. The van der Waals surface area contributed by atoms with Gasteiger partial charge in [0.1, 0.15) is 0 Å². The molecule has 0 unspecified atom stereocenters. The number of hydrogen-bond acceptors (Lipinski definition) is 1. The van der Waals surface area contributed by atoms with E-state index in [0.717, 1.165) is 0 Å². The molecule has 1 fully saturated rings. The number of likely N-dealkylation sites (tertiary alicyclic amines) is 1. The van der Waals surface area contributed by atoms with Gasteiger partial charge in [-0.3, -0.25) is 4.90 Å². The Bertz CT molecular complexity index is 117. The number of halogens is 3. The Morgan fingerprint density at radius 2 is 1.43 bits per heavy atom. The van der Waals surface area contributed by atoms with E-state index in [9.17, 15) is 13.2 Å². The fourth-order valence-electron chi connectivity index (χ4n) is 1.21. The Balaban J connectivity index is 0. The predicted molar refractivity (Wildman–Crippen MR) is 54.4 cm³/mol. The van der Waals surface area contributed by atoms with Crippen molar-refractivity contribution < 1.29 is 13.2 Å². The van der Waals surface area contributed by atoms with Crippen molar-refractivity contribution in [1.82, 2.24) is 4.90 Å². The van der Waals surface area contributed by atoms with Crippen molar-refractivity contribution >= 4 is 0 Å². The van der Waals surface area contributed by atoms with Crippen molar-refractivity contribution in [3.63, 3.8) is 0 Å². The van der Waals surface area contributed by atoms with Crippen LogP contribution in [0.4, 0.5) is 13.2 Å². The summed E-state index contributed by atoms with van der Waals surface area (Å²) >= 11 is 0. The zero-order valence-corrected chi connectivity index (χ0v) is 9.78. The minimum atomic E-state index is -4.01. The Morgan fingerprint density at radius 3 is 1.64 bits per heavy atom. The van der Waals surface area contributed by atoms with Crippen LogP contribution in [-0.2, 0) is 0 Å². The average molecular weight is 213 g/mol. The lowest BCUT2D eigenvalue weighted by molar-refractivity contribution is -0.157. The Morgan fingerprint density at radius 1 is 1.07 bits per heavy atom. The number of nitrogens with zero attached hydrogens (tertiary/aromatic N) is 1. The topological polar surface area (TPSA) is 3.24 Å². The minimum absolute atomic E-state index is 0.447. The van der Waals surface area contributed by atoms with Gasteiger partial charge in [0.15, 0.2) is 0 Å². The first-order valence-electron chi connectivity index (χ1n) is 5.26. The summed E-state index contributed by atoms with van der Waals surface area (Å²) in [6, 6.07) is 0. The fraction of sp³-hybridized carbons (Fsp3) is 1.00. The van der Waals surface area contributed by atoms with Gasteiger partial charge in [0.25, 0.3) is 0 Å². The van der Waals surface area contributed by atoms with Crippen molar-refractivity contribution in [2.24, 2.45) is 5.92 Å². The normalized spacial score (nSPS) is 17.1. The first-order valence-corrected chi connectivity index (χ1v) is 5.26. The Labute approximate surface area is 85.3 Å². The molecule has 0 bridgehead atoms. The van der Waals surface area contributed by atoms with E-state index in [2.05, 4.69) is 0 Å². The lowest BCUT2D eigenvalue weighted by atomic mass is 10.0. The van der Waals surface area contributed by atoms with Gasteiger partial charge in [-0.1, -0.05) is 34.6 Å². The van der Waals surface area contributed by atoms with E-state index in [0.29, 0.717) is 19.0 Å². The second-order valence-corrected chi connectivity index (χ2v) is 2.91. The number of rotatable bonds is 1. The van der Waals surface area contributed by atoms with Crippen molar-refractivity contribution in [2.75, 3.05) is 19.6 Å². The minimum Gasteiger partial charge on any atom is -0.294 e. The summed E-state index contributed by atoms with van der Waals surface area (Å²) in [5, 5.41) is 0. The summed E-state index contributed by atoms with van der Waals surface area (Å²) in [5.74, 6) is 0.447. The molecule has 1 rings (SSSR count). The number of alkyl halides is 3. The lowest BCUT2D eigenvalue weighted by Gasteiger charge is -2.37. The lowest BCUT2D eigenvalue weighted by Crippen LogP contribution is -2.49. The monoisotopic (exact) mass is 213 g/mol. The summed E-state index contributed by atoms with van der Waals surface area (Å²) in [5.41, 5.74) is 0. The summed E-state index contributed by atoms with van der Waals surface area (Å²) in [6.07, 6.45) is -4.01. The highest BCUT2D eigenvalue weighted by molar-refractivity contribution is 4.77. The quantitative estimate of drug-likeness (QED) is 0.643. The maximum absolute atomic E-state index is 11.6. The molecule has 0 N–H and O–H groups in total. The largest absolute Gasteiger partial charge is 0.401 e. The molecule has 0 aromatic rings. The van der Waals surface area contributed by atoms with Gasteiger partial charge in [0, 0.05) is 13.1 Å². The summed E-state index contributed by atoms with van der Waals surface area (Å²) in [4.78, 5) is 1.41. The Kier molecular flexibility index (Phi) is 9.36. The van der Waals surface area contributed by atoms with Crippen LogP contribution in [0.25, 0.3) is 0 Å². The molecule has 1 nitrogen and oxygen atoms in total. The van der Waals surface area contributed by atoms with Crippen molar-refractivity contribution in [1.29, 1.82) is 0 Å². The van der Waals surface area contributed by atoms with Crippen molar-refractivity contribution in [3.8, 4) is 0 Å². The van der Waals surface area contributed by atoms with Gasteiger partial charge in [0.2, 0.25) is 0 Å². The third-order valence-corrected chi connectivity index (χ3v) is 1.54. The van der Waals surface area contributed by atoms with E-state index in [1.54, 1.807) is 0 Å². The van der Waals surface area contributed by atoms with Crippen LogP contribution in [-0.4, -0.2) is 30.7 Å². The zero-order valence-electron chi connectivity index (χ0n) is 9.78. The maximum Gasteiger partial charge on any atom is 0.401 e. The van der Waals surface area contributed by atoms with Crippen LogP contribution in [0, 0.1) is 5.92 Å². The van der Waals surface area contributed by atoms with Crippen LogP contribution in [0.3, 0.4) is 0 Å². The van der Waals surface area contributed by atoms with Crippen LogP contribution in [0.15, 0.2) is 0 Å². The molecule has 1 aliphatic rings. The molecule has 1 heterocycles. The first kappa shape index (κ1) is 16.2.